The molecule has 9 heteroatoms. The molecule has 2 heterocycles. The molecule has 0 atom stereocenters. The van der Waals surface area contributed by atoms with Crippen molar-refractivity contribution in [1.29, 1.82) is 0 Å². The SMILES string of the molecule is CCOC(=O)c1c(/C=C/C(=O)Nc2cccc(CN3C(=O)CNC3=O)c2)c(C)n(CC)c1C. The molecular weight excluding hydrogens is 424 g/mol. The average molecular weight is 453 g/mol. The van der Waals surface area contributed by atoms with Crippen LogP contribution in [-0.4, -0.2) is 46.4 Å². The second kappa shape index (κ2) is 10.2. The summed E-state index contributed by atoms with van der Waals surface area (Å²) in [6, 6.07) is 6.50. The first-order chi connectivity index (χ1) is 15.8. The Morgan fingerprint density at radius 1 is 1.18 bits per heavy atom. The van der Waals surface area contributed by atoms with Crippen molar-refractivity contribution in [1.82, 2.24) is 14.8 Å². The average Bonchev–Trinajstić information content (AvgIpc) is 3.22. The van der Waals surface area contributed by atoms with Crippen molar-refractivity contribution < 1.29 is 23.9 Å². The number of imide groups is 1. The fourth-order valence-electron chi connectivity index (χ4n) is 3.94. The maximum Gasteiger partial charge on any atom is 0.340 e. The van der Waals surface area contributed by atoms with Crippen LogP contribution in [0.1, 0.15) is 46.7 Å². The highest BCUT2D eigenvalue weighted by Gasteiger charge is 2.28. The fraction of sp³-hybridized carbons (Fsp3) is 0.333. The minimum Gasteiger partial charge on any atom is -0.462 e. The van der Waals surface area contributed by atoms with E-state index in [1.807, 2.05) is 25.3 Å². The zero-order valence-electron chi connectivity index (χ0n) is 19.2. The minimum absolute atomic E-state index is 0.00745. The number of carbonyl (C=O) groups is 4. The second-order valence-electron chi connectivity index (χ2n) is 7.59. The molecule has 174 valence electrons. The number of nitrogens with zero attached hydrogens (tertiary/aromatic N) is 2. The number of nitrogens with one attached hydrogen (secondary N) is 2. The highest BCUT2D eigenvalue weighted by molar-refractivity contribution is 6.04. The number of urea groups is 1. The number of hydrogen-bond acceptors (Lipinski definition) is 5. The number of ether oxygens (including phenoxy) is 1. The van der Waals surface area contributed by atoms with Gasteiger partial charge in [-0.05, 0) is 51.5 Å². The van der Waals surface area contributed by atoms with E-state index in [1.165, 1.54) is 6.08 Å². The molecule has 9 nitrogen and oxygen atoms in total. The number of hydrogen-bond donors (Lipinski definition) is 2. The monoisotopic (exact) mass is 452 g/mol. The Labute approximate surface area is 192 Å². The zero-order chi connectivity index (χ0) is 24.1. The van der Waals surface area contributed by atoms with E-state index in [0.717, 1.165) is 16.3 Å². The van der Waals surface area contributed by atoms with Crippen LogP contribution < -0.4 is 10.6 Å². The molecular formula is C24H28N4O5. The van der Waals surface area contributed by atoms with Crippen LogP contribution in [0.25, 0.3) is 6.08 Å². The van der Waals surface area contributed by atoms with Crippen molar-refractivity contribution in [2.75, 3.05) is 18.5 Å². The van der Waals surface area contributed by atoms with Gasteiger partial charge in [0.25, 0.3) is 0 Å². The first kappa shape index (κ1) is 23.8. The maximum atomic E-state index is 12.6. The van der Waals surface area contributed by atoms with Crippen LogP contribution >= 0.6 is 0 Å². The molecule has 3 rings (SSSR count). The molecule has 0 aliphatic carbocycles. The van der Waals surface area contributed by atoms with Crippen LogP contribution in [0.4, 0.5) is 10.5 Å². The van der Waals surface area contributed by atoms with Gasteiger partial charge < -0.3 is 19.9 Å². The molecule has 0 spiro atoms. The van der Waals surface area contributed by atoms with Crippen LogP contribution in [0.15, 0.2) is 30.3 Å². The number of carbonyl (C=O) groups excluding carboxylic acids is 4. The van der Waals surface area contributed by atoms with Crippen LogP contribution in [0.2, 0.25) is 0 Å². The summed E-state index contributed by atoms with van der Waals surface area (Å²) >= 11 is 0. The number of rotatable bonds is 8. The van der Waals surface area contributed by atoms with Gasteiger partial charge in [0.1, 0.15) is 0 Å². The van der Waals surface area contributed by atoms with Gasteiger partial charge in [0, 0.05) is 35.3 Å². The summed E-state index contributed by atoms with van der Waals surface area (Å²) in [7, 11) is 0. The van der Waals surface area contributed by atoms with Gasteiger partial charge in [-0.25, -0.2) is 9.59 Å². The van der Waals surface area contributed by atoms with Gasteiger partial charge in [-0.15, -0.1) is 0 Å². The van der Waals surface area contributed by atoms with Crippen molar-refractivity contribution >= 4 is 35.6 Å². The molecule has 1 aromatic carbocycles. The Hall–Kier alpha value is -3.88. The maximum absolute atomic E-state index is 12.6. The fourth-order valence-corrected chi connectivity index (χ4v) is 3.94. The lowest BCUT2D eigenvalue weighted by Crippen LogP contribution is -2.30. The number of esters is 1. The molecule has 1 aliphatic rings. The highest BCUT2D eigenvalue weighted by atomic mass is 16.5. The normalized spacial score (nSPS) is 13.5. The summed E-state index contributed by atoms with van der Waals surface area (Å²) in [6.07, 6.45) is 2.99. The summed E-state index contributed by atoms with van der Waals surface area (Å²) in [5.41, 5.74) is 4.00. The largest absolute Gasteiger partial charge is 0.462 e. The van der Waals surface area contributed by atoms with E-state index in [0.29, 0.717) is 28.9 Å². The molecule has 0 unspecified atom stereocenters. The molecule has 33 heavy (non-hydrogen) atoms. The first-order valence-electron chi connectivity index (χ1n) is 10.8. The smallest absolute Gasteiger partial charge is 0.340 e. The Balaban J connectivity index is 1.76. The number of anilines is 1. The van der Waals surface area contributed by atoms with Crippen LogP contribution in [0.3, 0.4) is 0 Å². The first-order valence-corrected chi connectivity index (χ1v) is 10.8. The predicted octanol–water partition coefficient (Wildman–Crippen LogP) is 3.01. The summed E-state index contributed by atoms with van der Waals surface area (Å²) in [5.74, 6) is -1.09. The van der Waals surface area contributed by atoms with Gasteiger partial charge in [-0.1, -0.05) is 12.1 Å². The van der Waals surface area contributed by atoms with Crippen molar-refractivity contribution in [2.24, 2.45) is 0 Å². The van der Waals surface area contributed by atoms with Gasteiger partial charge >= 0.3 is 12.0 Å². The Kier molecular flexibility index (Phi) is 7.32. The van der Waals surface area contributed by atoms with Gasteiger partial charge in [0.05, 0.1) is 25.3 Å². The highest BCUT2D eigenvalue weighted by Crippen LogP contribution is 2.25. The van der Waals surface area contributed by atoms with Crippen molar-refractivity contribution in [2.45, 2.75) is 40.8 Å². The lowest BCUT2D eigenvalue weighted by molar-refractivity contribution is -0.125. The minimum atomic E-state index is -0.431. The second-order valence-corrected chi connectivity index (χ2v) is 7.59. The summed E-state index contributed by atoms with van der Waals surface area (Å²) in [6.45, 7) is 8.56. The molecule has 1 aromatic heterocycles. The molecule has 1 aliphatic heterocycles. The third-order valence-corrected chi connectivity index (χ3v) is 5.50. The molecule has 1 saturated heterocycles. The molecule has 0 radical (unpaired) electrons. The van der Waals surface area contributed by atoms with E-state index >= 15 is 0 Å². The van der Waals surface area contributed by atoms with E-state index in [-0.39, 0.29) is 31.5 Å². The quantitative estimate of drug-likeness (QED) is 0.364. The number of benzene rings is 1. The molecule has 0 bridgehead atoms. The third kappa shape index (κ3) is 5.14. The number of amides is 4. The Bertz CT molecular complexity index is 1120. The van der Waals surface area contributed by atoms with Crippen LogP contribution in [0.5, 0.6) is 0 Å². The zero-order valence-corrected chi connectivity index (χ0v) is 19.2. The van der Waals surface area contributed by atoms with Gasteiger partial charge in [-0.3, -0.25) is 14.5 Å². The molecule has 2 aromatic rings. The lowest BCUT2D eigenvalue weighted by atomic mass is 10.1. The summed E-state index contributed by atoms with van der Waals surface area (Å²) in [5, 5.41) is 5.25. The van der Waals surface area contributed by atoms with E-state index in [1.54, 1.807) is 37.3 Å². The molecule has 0 saturated carbocycles. The van der Waals surface area contributed by atoms with E-state index < -0.39 is 12.0 Å². The van der Waals surface area contributed by atoms with Crippen LogP contribution in [-0.2, 0) is 27.4 Å². The Morgan fingerprint density at radius 2 is 1.94 bits per heavy atom. The van der Waals surface area contributed by atoms with Crippen LogP contribution in [0, 0.1) is 13.8 Å². The topological polar surface area (TPSA) is 110 Å². The number of aromatic nitrogens is 1. The van der Waals surface area contributed by atoms with Gasteiger partial charge in [0.2, 0.25) is 11.8 Å². The molecule has 4 amide bonds. The Morgan fingerprint density at radius 3 is 2.58 bits per heavy atom. The summed E-state index contributed by atoms with van der Waals surface area (Å²) < 4.78 is 7.21. The van der Waals surface area contributed by atoms with Gasteiger partial charge in [0.15, 0.2) is 0 Å². The van der Waals surface area contributed by atoms with Crippen molar-refractivity contribution in [3.63, 3.8) is 0 Å². The molecule has 2 N–H and O–H groups in total. The summed E-state index contributed by atoms with van der Waals surface area (Å²) in [4.78, 5) is 49.7. The van der Waals surface area contributed by atoms with Crippen molar-refractivity contribution in [3.8, 4) is 0 Å². The van der Waals surface area contributed by atoms with E-state index in [9.17, 15) is 19.2 Å². The lowest BCUT2D eigenvalue weighted by Gasteiger charge is -2.13. The standard InChI is InChI=1S/C24H28N4O5/c1-5-27-15(3)19(22(16(27)4)23(31)33-6-2)10-11-20(29)26-18-9-7-8-17(12-18)14-28-21(30)13-25-24(28)32/h7-12H,5-6,13-14H2,1-4H3,(H,25,32)(H,26,29)/b11-10+. The predicted molar refractivity (Wildman–Crippen MR) is 124 cm³/mol. The van der Waals surface area contributed by atoms with Gasteiger partial charge in [-0.2, -0.15) is 0 Å². The van der Waals surface area contributed by atoms with E-state index in [2.05, 4.69) is 10.6 Å². The third-order valence-electron chi connectivity index (χ3n) is 5.50. The van der Waals surface area contributed by atoms with E-state index in [4.69, 9.17) is 4.74 Å². The molecule has 1 fully saturated rings. The van der Waals surface area contributed by atoms with Crippen molar-refractivity contribution in [3.05, 3.63) is 58.4 Å².